The van der Waals surface area contributed by atoms with E-state index < -0.39 is 0 Å². The van der Waals surface area contributed by atoms with E-state index in [1.807, 2.05) is 25.1 Å². The molecule has 122 valence electrons. The molecule has 0 spiro atoms. The molecule has 3 rings (SSSR count). The molecule has 3 aromatic carbocycles. The van der Waals surface area contributed by atoms with Crippen molar-refractivity contribution in [3.05, 3.63) is 78.1 Å². The summed E-state index contributed by atoms with van der Waals surface area (Å²) in [6.45, 7) is 2.29. The fourth-order valence-electron chi connectivity index (χ4n) is 2.43. The maximum atomic E-state index is 12.9. The molecule has 0 saturated heterocycles. The number of halogens is 1. The molecule has 3 aromatic rings. The predicted octanol–water partition coefficient (Wildman–Crippen LogP) is 4.78. The lowest BCUT2D eigenvalue weighted by atomic mass is 10.1. The Morgan fingerprint density at radius 1 is 1.04 bits per heavy atom. The van der Waals surface area contributed by atoms with Crippen molar-refractivity contribution in [1.82, 2.24) is 5.32 Å². The minimum absolute atomic E-state index is 0.0301. The van der Waals surface area contributed by atoms with E-state index in [9.17, 15) is 9.18 Å². The van der Waals surface area contributed by atoms with Gasteiger partial charge in [0.2, 0.25) is 5.91 Å². The lowest BCUT2D eigenvalue weighted by Gasteiger charge is -2.12. The van der Waals surface area contributed by atoms with Crippen LogP contribution in [-0.2, 0) is 11.3 Å². The second kappa shape index (κ2) is 7.49. The largest absolute Gasteiger partial charge is 0.351 e. The number of rotatable bonds is 5. The average Bonchev–Trinajstić information content (AvgIpc) is 2.61. The van der Waals surface area contributed by atoms with Crippen LogP contribution in [0, 0.1) is 5.82 Å². The monoisotopic (exact) mass is 339 g/mol. The fourth-order valence-corrected chi connectivity index (χ4v) is 3.37. The van der Waals surface area contributed by atoms with Crippen LogP contribution >= 0.6 is 11.8 Å². The zero-order valence-electron chi connectivity index (χ0n) is 13.3. The van der Waals surface area contributed by atoms with Crippen molar-refractivity contribution in [1.29, 1.82) is 0 Å². The van der Waals surface area contributed by atoms with Gasteiger partial charge < -0.3 is 5.32 Å². The summed E-state index contributed by atoms with van der Waals surface area (Å²) >= 11 is 1.53. The van der Waals surface area contributed by atoms with Crippen molar-refractivity contribution in [3.8, 4) is 0 Å². The number of benzene rings is 3. The minimum Gasteiger partial charge on any atom is -0.351 e. The molecule has 0 bridgehead atoms. The molecule has 1 atom stereocenters. The Kier molecular flexibility index (Phi) is 5.16. The number of hydrogen-bond acceptors (Lipinski definition) is 2. The Morgan fingerprint density at radius 2 is 1.75 bits per heavy atom. The van der Waals surface area contributed by atoms with Crippen molar-refractivity contribution in [2.75, 3.05) is 0 Å². The van der Waals surface area contributed by atoms with Crippen LogP contribution in [0.1, 0.15) is 12.5 Å². The Labute approximate surface area is 145 Å². The number of thioether (sulfide) groups is 1. The molecule has 0 unspecified atom stereocenters. The molecule has 0 aromatic heterocycles. The van der Waals surface area contributed by atoms with Gasteiger partial charge in [-0.2, -0.15) is 0 Å². The van der Waals surface area contributed by atoms with E-state index in [-0.39, 0.29) is 17.0 Å². The van der Waals surface area contributed by atoms with E-state index >= 15 is 0 Å². The number of hydrogen-bond donors (Lipinski definition) is 1. The average molecular weight is 339 g/mol. The highest BCUT2D eigenvalue weighted by Gasteiger charge is 2.14. The van der Waals surface area contributed by atoms with Crippen LogP contribution in [0.3, 0.4) is 0 Å². The third kappa shape index (κ3) is 4.15. The van der Waals surface area contributed by atoms with E-state index in [4.69, 9.17) is 0 Å². The molecule has 4 heteroatoms. The van der Waals surface area contributed by atoms with Crippen molar-refractivity contribution >= 4 is 28.4 Å². The second-order valence-corrected chi connectivity index (χ2v) is 7.03. The number of fused-ring (bicyclic) bond motifs is 1. The van der Waals surface area contributed by atoms with Crippen LogP contribution < -0.4 is 5.32 Å². The van der Waals surface area contributed by atoms with Gasteiger partial charge in [-0.15, -0.1) is 11.8 Å². The molecule has 24 heavy (non-hydrogen) atoms. The fraction of sp³-hybridized carbons (Fsp3) is 0.150. The smallest absolute Gasteiger partial charge is 0.233 e. The van der Waals surface area contributed by atoms with Gasteiger partial charge in [0.05, 0.1) is 5.25 Å². The van der Waals surface area contributed by atoms with Gasteiger partial charge in [-0.1, -0.05) is 42.5 Å². The van der Waals surface area contributed by atoms with Crippen molar-refractivity contribution in [2.24, 2.45) is 0 Å². The van der Waals surface area contributed by atoms with E-state index in [1.54, 1.807) is 12.1 Å². The molecule has 0 aliphatic heterocycles. The van der Waals surface area contributed by atoms with Crippen molar-refractivity contribution in [3.63, 3.8) is 0 Å². The minimum atomic E-state index is -0.273. The van der Waals surface area contributed by atoms with E-state index in [0.29, 0.717) is 6.54 Å². The lowest BCUT2D eigenvalue weighted by Crippen LogP contribution is -2.30. The summed E-state index contributed by atoms with van der Waals surface area (Å²) in [7, 11) is 0. The standard InChI is InChI=1S/C20H18FNOS/c1-14(20(23)22-13-15-6-9-18(21)10-7-15)24-19-11-8-16-4-2-3-5-17(16)12-19/h2-12,14H,13H2,1H3,(H,22,23)/t14-/m0/s1. The molecule has 0 fully saturated rings. The van der Waals surface area contributed by atoms with Crippen LogP contribution in [-0.4, -0.2) is 11.2 Å². The predicted molar refractivity (Wildman–Crippen MR) is 97.5 cm³/mol. The summed E-state index contributed by atoms with van der Waals surface area (Å²) in [6.07, 6.45) is 0. The van der Waals surface area contributed by atoms with Crippen LogP contribution in [0.5, 0.6) is 0 Å². The Morgan fingerprint density at radius 3 is 2.50 bits per heavy atom. The zero-order chi connectivity index (χ0) is 16.9. The molecule has 1 amide bonds. The van der Waals surface area contributed by atoms with Gasteiger partial charge in [-0.25, -0.2) is 4.39 Å². The van der Waals surface area contributed by atoms with Gasteiger partial charge >= 0.3 is 0 Å². The molecule has 0 radical (unpaired) electrons. The lowest BCUT2D eigenvalue weighted by molar-refractivity contribution is -0.120. The first-order valence-electron chi connectivity index (χ1n) is 7.79. The third-order valence-corrected chi connectivity index (χ3v) is 4.88. The highest BCUT2D eigenvalue weighted by molar-refractivity contribution is 8.00. The number of amides is 1. The summed E-state index contributed by atoms with van der Waals surface area (Å²) in [6, 6.07) is 20.5. The first-order chi connectivity index (χ1) is 11.6. The number of carbonyl (C=O) groups is 1. The van der Waals surface area contributed by atoms with E-state index in [0.717, 1.165) is 10.5 Å². The molecule has 0 saturated carbocycles. The summed E-state index contributed by atoms with van der Waals surface area (Å²) in [5.41, 5.74) is 0.882. The number of carbonyl (C=O) groups excluding carboxylic acids is 1. The molecule has 0 aliphatic carbocycles. The normalized spacial score (nSPS) is 12.1. The Hall–Kier alpha value is -2.33. The van der Waals surface area contributed by atoms with Crippen LogP contribution in [0.4, 0.5) is 4.39 Å². The molecule has 0 heterocycles. The summed E-state index contributed by atoms with van der Waals surface area (Å²) < 4.78 is 12.9. The quantitative estimate of drug-likeness (QED) is 0.678. The summed E-state index contributed by atoms with van der Waals surface area (Å²) in [5.74, 6) is -0.303. The molecule has 1 N–H and O–H groups in total. The maximum Gasteiger partial charge on any atom is 0.233 e. The van der Waals surface area contributed by atoms with Gasteiger partial charge in [0.25, 0.3) is 0 Å². The highest BCUT2D eigenvalue weighted by Crippen LogP contribution is 2.27. The number of nitrogens with one attached hydrogen (secondary N) is 1. The third-order valence-electron chi connectivity index (χ3n) is 3.78. The second-order valence-electron chi connectivity index (χ2n) is 5.61. The molecule has 2 nitrogen and oxygen atoms in total. The van der Waals surface area contributed by atoms with Crippen LogP contribution in [0.15, 0.2) is 71.6 Å². The van der Waals surface area contributed by atoms with Gasteiger partial charge in [-0.3, -0.25) is 4.79 Å². The first kappa shape index (κ1) is 16.5. The molecule has 0 aliphatic rings. The maximum absolute atomic E-state index is 12.9. The Bertz CT molecular complexity index is 848. The highest BCUT2D eigenvalue weighted by atomic mass is 32.2. The van der Waals surface area contributed by atoms with Crippen molar-refractivity contribution in [2.45, 2.75) is 23.6 Å². The van der Waals surface area contributed by atoms with Gasteiger partial charge in [0.15, 0.2) is 0 Å². The summed E-state index contributed by atoms with van der Waals surface area (Å²) in [4.78, 5) is 13.3. The first-order valence-corrected chi connectivity index (χ1v) is 8.67. The zero-order valence-corrected chi connectivity index (χ0v) is 14.1. The van der Waals surface area contributed by atoms with Crippen LogP contribution in [0.25, 0.3) is 10.8 Å². The molecular formula is C20H18FNOS. The summed E-state index contributed by atoms with van der Waals surface area (Å²) in [5, 5.41) is 5.05. The van der Waals surface area contributed by atoms with Crippen LogP contribution in [0.2, 0.25) is 0 Å². The van der Waals surface area contributed by atoms with Crippen molar-refractivity contribution < 1.29 is 9.18 Å². The van der Waals surface area contributed by atoms with Gasteiger partial charge in [0, 0.05) is 11.4 Å². The SMILES string of the molecule is C[C@H](Sc1ccc2ccccc2c1)C(=O)NCc1ccc(F)cc1. The van der Waals surface area contributed by atoms with Gasteiger partial charge in [-0.05, 0) is 47.5 Å². The van der Waals surface area contributed by atoms with E-state index in [2.05, 4.69) is 29.6 Å². The molecular weight excluding hydrogens is 321 g/mol. The topological polar surface area (TPSA) is 29.1 Å². The van der Waals surface area contributed by atoms with Gasteiger partial charge in [0.1, 0.15) is 5.82 Å². The van der Waals surface area contributed by atoms with E-state index in [1.165, 1.54) is 34.7 Å². The Balaban J connectivity index is 1.59.